The van der Waals surface area contributed by atoms with E-state index in [0.29, 0.717) is 16.9 Å². The maximum atomic E-state index is 11.2. The molecule has 0 aromatic heterocycles. The van der Waals surface area contributed by atoms with Crippen molar-refractivity contribution < 1.29 is 14.3 Å². The van der Waals surface area contributed by atoms with Crippen LogP contribution in [0.5, 0.6) is 0 Å². The molecule has 2 aromatic carbocycles. The molecule has 0 heterocycles. The van der Waals surface area contributed by atoms with Gasteiger partial charge in [-0.3, -0.25) is 9.59 Å². The Kier molecular flexibility index (Phi) is 5.14. The van der Waals surface area contributed by atoms with Gasteiger partial charge in [-0.15, -0.1) is 0 Å². The van der Waals surface area contributed by atoms with Gasteiger partial charge >= 0.3 is 5.97 Å². The number of Topliss-reactive ketones (excluding diaryl/α,β-unsaturated/α-hetero) is 1. The molecular formula is C17H16N2O3. The molecule has 2 rings (SSSR count). The number of rotatable bonds is 5. The summed E-state index contributed by atoms with van der Waals surface area (Å²) in [4.78, 5) is 21.9. The molecule has 0 saturated carbocycles. The van der Waals surface area contributed by atoms with Gasteiger partial charge in [0.2, 0.25) is 0 Å². The number of ketones is 1. The van der Waals surface area contributed by atoms with Crippen LogP contribution < -0.4 is 0 Å². The summed E-state index contributed by atoms with van der Waals surface area (Å²) >= 11 is 0. The number of esters is 1. The molecule has 0 spiro atoms. The van der Waals surface area contributed by atoms with Crippen molar-refractivity contribution >= 4 is 23.1 Å². The summed E-state index contributed by atoms with van der Waals surface area (Å²) in [6.07, 6.45) is 0. The fourth-order valence-corrected chi connectivity index (χ4v) is 1.72. The number of hydrogen-bond acceptors (Lipinski definition) is 5. The first-order chi connectivity index (χ1) is 10.5. The minimum Gasteiger partial charge on any atom is -0.461 e. The molecule has 0 bridgehead atoms. The molecule has 0 aliphatic heterocycles. The lowest BCUT2D eigenvalue weighted by Gasteiger charge is -2.01. The summed E-state index contributed by atoms with van der Waals surface area (Å²) < 4.78 is 4.91. The van der Waals surface area contributed by atoms with Crippen molar-refractivity contribution in [3.63, 3.8) is 0 Å². The van der Waals surface area contributed by atoms with E-state index in [1.54, 1.807) is 36.4 Å². The van der Waals surface area contributed by atoms with E-state index in [2.05, 4.69) is 10.2 Å². The van der Waals surface area contributed by atoms with E-state index < -0.39 is 0 Å². The highest BCUT2D eigenvalue weighted by atomic mass is 16.5. The third-order valence-corrected chi connectivity index (χ3v) is 2.93. The summed E-state index contributed by atoms with van der Waals surface area (Å²) in [5.41, 5.74) is 2.91. The fourth-order valence-electron chi connectivity index (χ4n) is 1.72. The monoisotopic (exact) mass is 296 g/mol. The summed E-state index contributed by atoms with van der Waals surface area (Å²) in [6.45, 7) is 3.15. The third-order valence-electron chi connectivity index (χ3n) is 2.93. The molecule has 112 valence electrons. The highest BCUT2D eigenvalue weighted by molar-refractivity contribution is 5.94. The molecule has 5 nitrogen and oxygen atoms in total. The molecule has 0 saturated heterocycles. The Bertz CT molecular complexity index is 689. The quantitative estimate of drug-likeness (QED) is 0.467. The number of nitrogens with zero attached hydrogens (tertiary/aromatic N) is 2. The zero-order chi connectivity index (χ0) is 15.9. The van der Waals surface area contributed by atoms with Gasteiger partial charge in [0.15, 0.2) is 5.78 Å². The van der Waals surface area contributed by atoms with Crippen LogP contribution in [-0.2, 0) is 16.1 Å². The van der Waals surface area contributed by atoms with Gasteiger partial charge in [-0.25, -0.2) is 0 Å². The predicted octanol–water partition coefficient (Wildman–Crippen LogP) is 4.37. The molecule has 0 unspecified atom stereocenters. The minimum absolute atomic E-state index is 0.0202. The summed E-state index contributed by atoms with van der Waals surface area (Å²) in [5, 5.41) is 8.23. The maximum absolute atomic E-state index is 11.2. The Morgan fingerprint density at radius 3 is 1.82 bits per heavy atom. The summed E-state index contributed by atoms with van der Waals surface area (Å²) in [7, 11) is 0. The zero-order valence-corrected chi connectivity index (χ0v) is 12.4. The third kappa shape index (κ3) is 4.63. The second kappa shape index (κ2) is 7.26. The average molecular weight is 296 g/mol. The molecule has 0 atom stereocenters. The smallest absolute Gasteiger partial charge is 0.302 e. The van der Waals surface area contributed by atoms with Crippen molar-refractivity contribution in [3.05, 3.63) is 59.7 Å². The molecule has 0 radical (unpaired) electrons. The van der Waals surface area contributed by atoms with Crippen molar-refractivity contribution in [2.45, 2.75) is 20.5 Å². The van der Waals surface area contributed by atoms with Gasteiger partial charge in [-0.05, 0) is 48.9 Å². The van der Waals surface area contributed by atoms with E-state index in [-0.39, 0.29) is 18.4 Å². The van der Waals surface area contributed by atoms with Crippen molar-refractivity contribution in [2.75, 3.05) is 0 Å². The minimum atomic E-state index is -0.308. The zero-order valence-electron chi connectivity index (χ0n) is 12.4. The number of azo groups is 1. The van der Waals surface area contributed by atoms with E-state index in [9.17, 15) is 9.59 Å². The Morgan fingerprint density at radius 2 is 1.36 bits per heavy atom. The number of ether oxygens (including phenoxy) is 1. The average Bonchev–Trinajstić information content (AvgIpc) is 2.52. The van der Waals surface area contributed by atoms with Crippen molar-refractivity contribution in [1.29, 1.82) is 0 Å². The Labute approximate surface area is 128 Å². The van der Waals surface area contributed by atoms with E-state index in [1.807, 2.05) is 12.1 Å². The SMILES string of the molecule is CC(=O)OCc1ccc(/N=N/c2ccc(C(C)=O)cc2)cc1. The Morgan fingerprint density at radius 1 is 0.864 bits per heavy atom. The topological polar surface area (TPSA) is 68.1 Å². The van der Waals surface area contributed by atoms with Gasteiger partial charge in [-0.2, -0.15) is 10.2 Å². The molecule has 0 amide bonds. The van der Waals surface area contributed by atoms with Crippen LogP contribution in [0.4, 0.5) is 11.4 Å². The molecule has 0 fully saturated rings. The van der Waals surface area contributed by atoms with Crippen LogP contribution in [0, 0.1) is 0 Å². The van der Waals surface area contributed by atoms with Crippen LogP contribution in [0.25, 0.3) is 0 Å². The van der Waals surface area contributed by atoms with Crippen molar-refractivity contribution in [2.24, 2.45) is 10.2 Å². The number of carbonyl (C=O) groups is 2. The molecular weight excluding hydrogens is 280 g/mol. The van der Waals surface area contributed by atoms with Crippen molar-refractivity contribution in [1.82, 2.24) is 0 Å². The lowest BCUT2D eigenvalue weighted by Crippen LogP contribution is -1.98. The highest BCUT2D eigenvalue weighted by Gasteiger charge is 1.99. The molecule has 0 N–H and O–H groups in total. The van der Waals surface area contributed by atoms with Gasteiger partial charge in [0, 0.05) is 12.5 Å². The first-order valence-corrected chi connectivity index (χ1v) is 6.79. The van der Waals surface area contributed by atoms with Crippen LogP contribution in [0.1, 0.15) is 29.8 Å². The van der Waals surface area contributed by atoms with Gasteiger partial charge < -0.3 is 4.74 Å². The maximum Gasteiger partial charge on any atom is 0.302 e. The first-order valence-electron chi connectivity index (χ1n) is 6.79. The van der Waals surface area contributed by atoms with E-state index >= 15 is 0 Å². The van der Waals surface area contributed by atoms with Crippen molar-refractivity contribution in [3.8, 4) is 0 Å². The molecule has 0 aliphatic rings. The van der Waals surface area contributed by atoms with E-state index in [4.69, 9.17) is 4.74 Å². The number of benzene rings is 2. The summed E-state index contributed by atoms with van der Waals surface area (Å²) in [5.74, 6) is -0.287. The highest BCUT2D eigenvalue weighted by Crippen LogP contribution is 2.19. The molecule has 5 heteroatoms. The van der Waals surface area contributed by atoms with Gasteiger partial charge in [0.1, 0.15) is 6.61 Å². The summed E-state index contributed by atoms with van der Waals surface area (Å²) in [6, 6.07) is 14.2. The number of hydrogen-bond donors (Lipinski definition) is 0. The fraction of sp³-hybridized carbons (Fsp3) is 0.176. The molecule has 22 heavy (non-hydrogen) atoms. The van der Waals surface area contributed by atoms with Crippen LogP contribution in [0.3, 0.4) is 0 Å². The van der Waals surface area contributed by atoms with Crippen LogP contribution in [0.15, 0.2) is 58.8 Å². The normalized spacial score (nSPS) is 10.6. The van der Waals surface area contributed by atoms with Crippen LogP contribution in [0.2, 0.25) is 0 Å². The Balaban J connectivity index is 2.00. The van der Waals surface area contributed by atoms with E-state index in [1.165, 1.54) is 13.8 Å². The van der Waals surface area contributed by atoms with Gasteiger partial charge in [-0.1, -0.05) is 12.1 Å². The molecule has 0 aliphatic carbocycles. The van der Waals surface area contributed by atoms with Gasteiger partial charge in [0.05, 0.1) is 11.4 Å². The lowest BCUT2D eigenvalue weighted by atomic mass is 10.1. The molecule has 2 aromatic rings. The van der Waals surface area contributed by atoms with Crippen LogP contribution >= 0.6 is 0 Å². The largest absolute Gasteiger partial charge is 0.461 e. The Hall–Kier alpha value is -2.82. The first kappa shape index (κ1) is 15.6. The van der Waals surface area contributed by atoms with Gasteiger partial charge in [0.25, 0.3) is 0 Å². The number of carbonyl (C=O) groups excluding carboxylic acids is 2. The van der Waals surface area contributed by atoms with E-state index in [0.717, 1.165) is 5.56 Å². The van der Waals surface area contributed by atoms with Crippen LogP contribution in [-0.4, -0.2) is 11.8 Å². The predicted molar refractivity (Wildman–Crippen MR) is 82.5 cm³/mol. The standard InChI is InChI=1S/C17H16N2O3/c1-12(20)15-5-9-17(10-6-15)19-18-16-7-3-14(4-8-16)11-22-13(2)21/h3-10H,11H2,1-2H3/b19-18+. The second-order valence-electron chi connectivity index (χ2n) is 4.75. The lowest BCUT2D eigenvalue weighted by molar-refractivity contribution is -0.142. The second-order valence-corrected chi connectivity index (χ2v) is 4.75.